The number of para-hydroxylation sites is 2. The minimum atomic E-state index is -0.373. The molecular weight excluding hydrogens is 440 g/mol. The summed E-state index contributed by atoms with van der Waals surface area (Å²) in [6.45, 7) is 3.38. The molecule has 1 aliphatic heterocycles. The van der Waals surface area contributed by atoms with Gasteiger partial charge in [-0.1, -0.05) is 18.2 Å². The maximum atomic E-state index is 13.4. The second-order valence-corrected chi connectivity index (χ2v) is 9.10. The van der Waals surface area contributed by atoms with E-state index in [1.54, 1.807) is 17.6 Å². The molecule has 1 fully saturated rings. The topological polar surface area (TPSA) is 93.8 Å². The summed E-state index contributed by atoms with van der Waals surface area (Å²) < 4.78 is 8.09. The summed E-state index contributed by atoms with van der Waals surface area (Å²) in [7, 11) is 1.55. The van der Waals surface area contributed by atoms with E-state index in [4.69, 9.17) is 9.72 Å². The number of fused-ring (bicyclic) bond motifs is 3. The molecule has 0 aliphatic carbocycles. The highest BCUT2D eigenvalue weighted by Crippen LogP contribution is 2.26. The quantitative estimate of drug-likeness (QED) is 0.485. The standard InChI is InChI=1S/C23H24N6O3S/c1-15-7-8-19(32-2)17(13-15)24-20(30)14-28-23(31)29-18-6-4-3-5-16(18)25-21(22(29)26-28)27-9-11-33-12-10-27/h3-8,13H,9-12,14H2,1-2H3,(H,24,30). The number of hydrogen-bond donors (Lipinski definition) is 1. The number of hydrogen-bond acceptors (Lipinski definition) is 7. The number of carbonyl (C=O) groups excluding carboxylic acids is 1. The van der Waals surface area contributed by atoms with E-state index in [-0.39, 0.29) is 18.1 Å². The molecule has 0 unspecified atom stereocenters. The van der Waals surface area contributed by atoms with E-state index in [2.05, 4.69) is 15.3 Å². The molecule has 3 heterocycles. The third-order valence-electron chi connectivity index (χ3n) is 5.62. The van der Waals surface area contributed by atoms with Crippen molar-refractivity contribution in [3.05, 3.63) is 58.5 Å². The molecule has 0 bridgehead atoms. The van der Waals surface area contributed by atoms with Crippen LogP contribution in [-0.4, -0.2) is 56.8 Å². The van der Waals surface area contributed by atoms with E-state index in [1.165, 1.54) is 4.68 Å². The summed E-state index contributed by atoms with van der Waals surface area (Å²) >= 11 is 1.90. The number of amides is 1. The van der Waals surface area contributed by atoms with Crippen LogP contribution in [0.1, 0.15) is 5.56 Å². The lowest BCUT2D eigenvalue weighted by Crippen LogP contribution is -2.33. The molecule has 9 nitrogen and oxygen atoms in total. The summed E-state index contributed by atoms with van der Waals surface area (Å²) in [5, 5.41) is 7.38. The second kappa shape index (κ2) is 8.78. The number of ether oxygens (including phenoxy) is 1. The van der Waals surface area contributed by atoms with E-state index < -0.39 is 0 Å². The smallest absolute Gasteiger partial charge is 0.351 e. The third kappa shape index (κ3) is 4.02. The zero-order valence-electron chi connectivity index (χ0n) is 18.4. The van der Waals surface area contributed by atoms with Gasteiger partial charge in [-0.3, -0.25) is 4.79 Å². The predicted molar refractivity (Wildman–Crippen MR) is 131 cm³/mol. The van der Waals surface area contributed by atoms with Crippen molar-refractivity contribution in [1.29, 1.82) is 0 Å². The van der Waals surface area contributed by atoms with Crippen LogP contribution >= 0.6 is 11.8 Å². The Balaban J connectivity index is 1.55. The van der Waals surface area contributed by atoms with Crippen LogP contribution in [0.4, 0.5) is 11.5 Å². The van der Waals surface area contributed by atoms with E-state index in [0.717, 1.165) is 30.2 Å². The van der Waals surface area contributed by atoms with Crippen LogP contribution in [0.25, 0.3) is 16.7 Å². The highest BCUT2D eigenvalue weighted by molar-refractivity contribution is 7.99. The number of benzene rings is 2. The van der Waals surface area contributed by atoms with Gasteiger partial charge in [0.2, 0.25) is 11.6 Å². The molecule has 4 aromatic rings. The van der Waals surface area contributed by atoms with Crippen molar-refractivity contribution >= 4 is 45.9 Å². The Labute approximate surface area is 194 Å². The van der Waals surface area contributed by atoms with Crippen molar-refractivity contribution in [3.63, 3.8) is 0 Å². The fourth-order valence-corrected chi connectivity index (χ4v) is 4.92. The van der Waals surface area contributed by atoms with Crippen molar-refractivity contribution in [1.82, 2.24) is 19.2 Å². The number of rotatable bonds is 5. The van der Waals surface area contributed by atoms with Gasteiger partial charge in [0.1, 0.15) is 12.3 Å². The summed E-state index contributed by atoms with van der Waals surface area (Å²) in [5.41, 5.74) is 3.01. The van der Waals surface area contributed by atoms with Crippen molar-refractivity contribution < 1.29 is 9.53 Å². The lowest BCUT2D eigenvalue weighted by molar-refractivity contribution is -0.117. The van der Waals surface area contributed by atoms with Gasteiger partial charge < -0.3 is 15.0 Å². The first-order valence-corrected chi connectivity index (χ1v) is 11.9. The molecule has 0 spiro atoms. The van der Waals surface area contributed by atoms with Crippen LogP contribution in [0, 0.1) is 6.92 Å². The molecule has 5 rings (SSSR count). The number of thioether (sulfide) groups is 1. The monoisotopic (exact) mass is 464 g/mol. The van der Waals surface area contributed by atoms with Gasteiger partial charge in [-0.2, -0.15) is 11.8 Å². The highest BCUT2D eigenvalue weighted by Gasteiger charge is 2.22. The normalized spacial score (nSPS) is 14.1. The first-order chi connectivity index (χ1) is 16.0. The Morgan fingerprint density at radius 3 is 2.76 bits per heavy atom. The van der Waals surface area contributed by atoms with Crippen molar-refractivity contribution in [3.8, 4) is 5.75 Å². The van der Waals surface area contributed by atoms with E-state index in [9.17, 15) is 9.59 Å². The van der Waals surface area contributed by atoms with Gasteiger partial charge in [0.05, 0.1) is 23.8 Å². The summed E-state index contributed by atoms with van der Waals surface area (Å²) in [6.07, 6.45) is 0. The van der Waals surface area contributed by atoms with Crippen LogP contribution in [-0.2, 0) is 11.3 Å². The Hall–Kier alpha value is -3.53. The number of aryl methyl sites for hydroxylation is 1. The predicted octanol–water partition coefficient (Wildman–Crippen LogP) is 2.55. The highest BCUT2D eigenvalue weighted by atomic mass is 32.2. The van der Waals surface area contributed by atoms with Crippen LogP contribution in [0.2, 0.25) is 0 Å². The van der Waals surface area contributed by atoms with Gasteiger partial charge in [-0.15, -0.1) is 5.10 Å². The number of nitrogens with zero attached hydrogens (tertiary/aromatic N) is 5. The molecule has 2 aromatic heterocycles. The maximum Gasteiger partial charge on any atom is 0.351 e. The molecule has 2 aromatic carbocycles. The van der Waals surface area contributed by atoms with Crippen molar-refractivity contribution in [2.24, 2.45) is 0 Å². The number of carbonyl (C=O) groups is 1. The minimum Gasteiger partial charge on any atom is -0.495 e. The lowest BCUT2D eigenvalue weighted by atomic mass is 10.2. The first-order valence-electron chi connectivity index (χ1n) is 10.7. The molecule has 1 saturated heterocycles. The largest absolute Gasteiger partial charge is 0.495 e. The molecular formula is C23H24N6O3S. The van der Waals surface area contributed by atoms with Gasteiger partial charge in [-0.05, 0) is 36.8 Å². The Bertz CT molecular complexity index is 1410. The Morgan fingerprint density at radius 1 is 1.18 bits per heavy atom. The van der Waals surface area contributed by atoms with Crippen molar-refractivity contribution in [2.75, 3.05) is 41.9 Å². The summed E-state index contributed by atoms with van der Waals surface area (Å²) in [6, 6.07) is 13.0. The van der Waals surface area contributed by atoms with Crippen LogP contribution in [0.5, 0.6) is 5.75 Å². The van der Waals surface area contributed by atoms with E-state index in [0.29, 0.717) is 33.9 Å². The number of anilines is 2. The summed E-state index contributed by atoms with van der Waals surface area (Å²) in [4.78, 5) is 33.2. The maximum absolute atomic E-state index is 13.4. The molecule has 1 aliphatic rings. The molecule has 10 heteroatoms. The van der Waals surface area contributed by atoms with Gasteiger partial charge in [0.15, 0.2) is 5.82 Å². The molecule has 1 amide bonds. The molecule has 0 radical (unpaired) electrons. The molecule has 170 valence electrons. The number of aromatic nitrogens is 4. The first kappa shape index (κ1) is 21.3. The number of methoxy groups -OCH3 is 1. The Kier molecular flexibility index (Phi) is 5.67. The SMILES string of the molecule is COc1ccc(C)cc1NC(=O)Cn1nc2c(N3CCSCC3)nc3ccccc3n2c1=O. The molecule has 33 heavy (non-hydrogen) atoms. The zero-order valence-corrected chi connectivity index (χ0v) is 19.3. The average Bonchev–Trinajstić information content (AvgIpc) is 3.15. The molecule has 0 saturated carbocycles. The second-order valence-electron chi connectivity index (χ2n) is 7.87. The molecule has 0 atom stereocenters. The van der Waals surface area contributed by atoms with Crippen LogP contribution in [0.3, 0.4) is 0 Å². The Morgan fingerprint density at radius 2 is 1.97 bits per heavy atom. The van der Waals surface area contributed by atoms with Gasteiger partial charge >= 0.3 is 5.69 Å². The minimum absolute atomic E-state index is 0.221. The van der Waals surface area contributed by atoms with Gasteiger partial charge in [0, 0.05) is 24.6 Å². The van der Waals surface area contributed by atoms with Crippen LogP contribution in [0.15, 0.2) is 47.3 Å². The fraction of sp³-hybridized carbons (Fsp3) is 0.304. The van der Waals surface area contributed by atoms with Gasteiger partial charge in [0.25, 0.3) is 0 Å². The number of nitrogens with one attached hydrogen (secondary N) is 1. The lowest BCUT2D eigenvalue weighted by Gasteiger charge is -2.27. The van der Waals surface area contributed by atoms with Crippen LogP contribution < -0.4 is 20.6 Å². The third-order valence-corrected chi connectivity index (χ3v) is 6.56. The fourth-order valence-electron chi connectivity index (χ4n) is 4.02. The van der Waals surface area contributed by atoms with Crippen molar-refractivity contribution in [2.45, 2.75) is 13.5 Å². The average molecular weight is 465 g/mol. The van der Waals surface area contributed by atoms with Gasteiger partial charge in [-0.25, -0.2) is 18.9 Å². The van der Waals surface area contributed by atoms with E-state index in [1.807, 2.05) is 55.1 Å². The summed E-state index contributed by atoms with van der Waals surface area (Å²) in [5.74, 6) is 2.85. The zero-order chi connectivity index (χ0) is 22.9. The molecule has 1 N–H and O–H groups in total. The van der Waals surface area contributed by atoms with E-state index >= 15 is 0 Å².